The smallest absolute Gasteiger partial charge is 0.227 e. The van der Waals surface area contributed by atoms with Gasteiger partial charge in [0.05, 0.1) is 32.8 Å². The Hall–Kier alpha value is -2.83. The second-order valence-corrected chi connectivity index (χ2v) is 8.66. The Balaban J connectivity index is 1.57. The maximum Gasteiger partial charge on any atom is 0.227 e. The number of fused-ring (bicyclic) bond motifs is 1. The molecule has 2 aromatic carbocycles. The first-order valence-electron chi connectivity index (χ1n) is 10.0. The molecule has 4 aromatic rings. The summed E-state index contributed by atoms with van der Waals surface area (Å²) in [6.07, 6.45) is 1.13. The predicted octanol–water partition coefficient (Wildman–Crippen LogP) is 6.32. The number of aromatic amines is 1. The number of nitrogens with zero attached hydrogens (tertiary/aromatic N) is 3. The number of aromatic nitrogens is 3. The fraction of sp³-hybridized carbons (Fsp3) is 0.261. The van der Waals surface area contributed by atoms with Crippen LogP contribution in [-0.4, -0.2) is 21.0 Å². The van der Waals surface area contributed by atoms with Crippen LogP contribution in [0.5, 0.6) is 0 Å². The zero-order valence-corrected chi connectivity index (χ0v) is 18.8. The molecule has 1 fully saturated rings. The zero-order valence-electron chi connectivity index (χ0n) is 17.3. The fourth-order valence-corrected chi connectivity index (χ4v) is 4.75. The first kappa shape index (κ1) is 20.1. The number of carbonyl (C=O) groups is 1. The molecule has 0 unspecified atom stereocenters. The molecule has 0 radical (unpaired) electrons. The van der Waals surface area contributed by atoms with Crippen molar-refractivity contribution < 1.29 is 9.32 Å². The number of imidazole rings is 1. The van der Waals surface area contributed by atoms with E-state index in [2.05, 4.69) is 10.1 Å². The predicted molar refractivity (Wildman–Crippen MR) is 122 cm³/mol. The molecule has 0 bridgehead atoms. The number of anilines is 1. The van der Waals surface area contributed by atoms with E-state index < -0.39 is 0 Å². The molecule has 3 heterocycles. The summed E-state index contributed by atoms with van der Waals surface area (Å²) in [4.78, 5) is 22.8. The minimum atomic E-state index is -0.196. The molecular formula is C23H20Cl2N4O2. The van der Waals surface area contributed by atoms with Crippen molar-refractivity contribution in [2.45, 2.75) is 39.7 Å². The Labute approximate surface area is 189 Å². The second kappa shape index (κ2) is 7.39. The molecule has 1 aliphatic rings. The molecule has 1 amide bonds. The van der Waals surface area contributed by atoms with Crippen LogP contribution in [0.15, 0.2) is 34.9 Å². The average Bonchev–Trinajstić information content (AvgIpc) is 3.43. The van der Waals surface area contributed by atoms with Gasteiger partial charge in [0.1, 0.15) is 11.6 Å². The topological polar surface area (TPSA) is 75.0 Å². The van der Waals surface area contributed by atoms with Crippen LogP contribution in [0.3, 0.4) is 0 Å². The molecule has 1 N–H and O–H groups in total. The van der Waals surface area contributed by atoms with E-state index in [0.717, 1.165) is 50.7 Å². The highest BCUT2D eigenvalue weighted by atomic mass is 35.5. The van der Waals surface area contributed by atoms with Gasteiger partial charge in [0.25, 0.3) is 0 Å². The van der Waals surface area contributed by atoms with Gasteiger partial charge in [-0.25, -0.2) is 4.98 Å². The number of rotatable bonds is 3. The van der Waals surface area contributed by atoms with Crippen LogP contribution >= 0.6 is 23.2 Å². The van der Waals surface area contributed by atoms with E-state index >= 15 is 0 Å². The van der Waals surface area contributed by atoms with E-state index in [1.807, 2.05) is 45.0 Å². The number of halogens is 2. The zero-order chi connectivity index (χ0) is 21.9. The van der Waals surface area contributed by atoms with Crippen LogP contribution in [0, 0.1) is 20.8 Å². The minimum Gasteiger partial charge on any atom is -0.361 e. The lowest BCUT2D eigenvalue weighted by atomic mass is 10.0. The number of H-pyrrole nitrogens is 1. The quantitative estimate of drug-likeness (QED) is 0.392. The number of hydrogen-bond donors (Lipinski definition) is 1. The van der Waals surface area contributed by atoms with Gasteiger partial charge < -0.3 is 14.4 Å². The van der Waals surface area contributed by atoms with E-state index in [1.54, 1.807) is 11.0 Å². The third-order valence-corrected chi connectivity index (χ3v) is 6.82. The van der Waals surface area contributed by atoms with Crippen LogP contribution in [0.2, 0.25) is 10.0 Å². The number of nitrogens with one attached hydrogen (secondary N) is 1. The summed E-state index contributed by atoms with van der Waals surface area (Å²) in [6, 6.07) is 9.41. The number of amides is 1. The maximum absolute atomic E-state index is 12.8. The highest BCUT2D eigenvalue weighted by molar-refractivity contribution is 6.42. The van der Waals surface area contributed by atoms with Crippen molar-refractivity contribution in [3.63, 3.8) is 0 Å². The summed E-state index contributed by atoms with van der Waals surface area (Å²) in [5, 5.41) is 4.99. The fourth-order valence-electron chi connectivity index (χ4n) is 4.39. The van der Waals surface area contributed by atoms with E-state index in [0.29, 0.717) is 22.9 Å². The Morgan fingerprint density at radius 3 is 2.71 bits per heavy atom. The number of benzene rings is 2. The van der Waals surface area contributed by atoms with Crippen LogP contribution in [0.4, 0.5) is 5.69 Å². The summed E-state index contributed by atoms with van der Waals surface area (Å²) in [7, 11) is 0. The summed E-state index contributed by atoms with van der Waals surface area (Å²) < 4.78 is 5.31. The van der Waals surface area contributed by atoms with Crippen molar-refractivity contribution in [3.05, 3.63) is 63.2 Å². The van der Waals surface area contributed by atoms with Crippen molar-refractivity contribution >= 4 is 45.8 Å². The third kappa shape index (κ3) is 3.22. The van der Waals surface area contributed by atoms with Gasteiger partial charge in [-0.05, 0) is 62.6 Å². The highest BCUT2D eigenvalue weighted by Crippen LogP contribution is 2.41. The van der Waals surface area contributed by atoms with Crippen LogP contribution < -0.4 is 4.90 Å². The molecule has 0 aliphatic carbocycles. The van der Waals surface area contributed by atoms with Crippen LogP contribution in [0.1, 0.15) is 41.7 Å². The molecule has 2 aromatic heterocycles. The molecule has 1 saturated heterocycles. The molecular weight excluding hydrogens is 435 g/mol. The Morgan fingerprint density at radius 1 is 1.16 bits per heavy atom. The molecule has 0 spiro atoms. The molecule has 5 rings (SSSR count). The average molecular weight is 455 g/mol. The first-order chi connectivity index (χ1) is 14.8. The minimum absolute atomic E-state index is 0.0448. The third-order valence-electron chi connectivity index (χ3n) is 5.92. The van der Waals surface area contributed by atoms with E-state index in [-0.39, 0.29) is 11.9 Å². The molecule has 1 aliphatic heterocycles. The summed E-state index contributed by atoms with van der Waals surface area (Å²) in [5.41, 5.74) is 6.14. The molecule has 8 heteroatoms. The van der Waals surface area contributed by atoms with E-state index in [1.165, 1.54) is 0 Å². The van der Waals surface area contributed by atoms with Crippen LogP contribution in [0.25, 0.3) is 22.2 Å². The van der Waals surface area contributed by atoms with Gasteiger partial charge >= 0.3 is 0 Å². The van der Waals surface area contributed by atoms with Gasteiger partial charge in [-0.2, -0.15) is 0 Å². The van der Waals surface area contributed by atoms with Gasteiger partial charge in [0.2, 0.25) is 5.91 Å². The standard InChI is InChI=1S/C23H20Cl2N4O2/c1-11-18(7-5-15(24)22(11)25)29-19(8-9-20(29)30)23-26-16-6-4-14(10-17(16)27-23)21-12(2)28-31-13(21)3/h4-7,10,19H,8-9H2,1-3H3,(H,26,27)/t19-/m0/s1. The molecule has 1 atom stereocenters. The van der Waals surface area contributed by atoms with E-state index in [4.69, 9.17) is 32.7 Å². The number of hydrogen-bond acceptors (Lipinski definition) is 4. The Kier molecular flexibility index (Phi) is 4.79. The van der Waals surface area contributed by atoms with Gasteiger partial charge in [0.15, 0.2) is 0 Å². The Bertz CT molecular complexity index is 1320. The molecule has 6 nitrogen and oxygen atoms in total. The van der Waals surface area contributed by atoms with Gasteiger partial charge in [-0.15, -0.1) is 0 Å². The van der Waals surface area contributed by atoms with Gasteiger partial charge in [0, 0.05) is 17.7 Å². The highest BCUT2D eigenvalue weighted by Gasteiger charge is 2.36. The van der Waals surface area contributed by atoms with Gasteiger partial charge in [-0.3, -0.25) is 4.79 Å². The number of aryl methyl sites for hydroxylation is 2. The normalized spacial score (nSPS) is 16.6. The van der Waals surface area contributed by atoms with Crippen molar-refractivity contribution in [2.24, 2.45) is 0 Å². The van der Waals surface area contributed by atoms with Gasteiger partial charge in [-0.1, -0.05) is 34.4 Å². The number of carbonyl (C=O) groups excluding carboxylic acids is 1. The van der Waals surface area contributed by atoms with Crippen LogP contribution in [-0.2, 0) is 4.79 Å². The largest absolute Gasteiger partial charge is 0.361 e. The lowest BCUT2D eigenvalue weighted by Gasteiger charge is -2.25. The summed E-state index contributed by atoms with van der Waals surface area (Å²) in [5.74, 6) is 1.57. The lowest BCUT2D eigenvalue weighted by Crippen LogP contribution is -2.28. The Morgan fingerprint density at radius 2 is 1.97 bits per heavy atom. The van der Waals surface area contributed by atoms with Crippen molar-refractivity contribution in [3.8, 4) is 11.1 Å². The second-order valence-electron chi connectivity index (χ2n) is 7.88. The summed E-state index contributed by atoms with van der Waals surface area (Å²) in [6.45, 7) is 5.70. The maximum atomic E-state index is 12.8. The van der Waals surface area contributed by atoms with Crippen molar-refractivity contribution in [2.75, 3.05) is 4.90 Å². The lowest BCUT2D eigenvalue weighted by molar-refractivity contribution is -0.117. The molecule has 0 saturated carbocycles. The molecule has 31 heavy (non-hydrogen) atoms. The molecule has 158 valence electrons. The van der Waals surface area contributed by atoms with Crippen molar-refractivity contribution in [1.82, 2.24) is 15.1 Å². The van der Waals surface area contributed by atoms with E-state index in [9.17, 15) is 4.79 Å². The monoisotopic (exact) mass is 454 g/mol. The first-order valence-corrected chi connectivity index (χ1v) is 10.8. The summed E-state index contributed by atoms with van der Waals surface area (Å²) >= 11 is 12.5. The SMILES string of the molecule is Cc1noc(C)c1-c1ccc2nc([C@@H]3CCC(=O)N3c3ccc(Cl)c(Cl)c3C)[nH]c2c1. The van der Waals surface area contributed by atoms with Crippen molar-refractivity contribution in [1.29, 1.82) is 0 Å².